The summed E-state index contributed by atoms with van der Waals surface area (Å²) in [5.41, 5.74) is 1.28. The van der Waals surface area contributed by atoms with Crippen molar-refractivity contribution in [2.75, 3.05) is 6.61 Å². The Morgan fingerprint density at radius 2 is 2.00 bits per heavy atom. The molecule has 0 spiro atoms. The summed E-state index contributed by atoms with van der Waals surface area (Å²) in [5.74, 6) is 5.13. The van der Waals surface area contributed by atoms with Gasteiger partial charge in [-0.2, -0.15) is 0 Å². The molecule has 4 heteroatoms. The Balaban J connectivity index is 2.04. The third-order valence-electron chi connectivity index (χ3n) is 4.60. The van der Waals surface area contributed by atoms with Crippen LogP contribution in [-0.4, -0.2) is 28.6 Å². The second-order valence-electron chi connectivity index (χ2n) is 6.24. The summed E-state index contributed by atoms with van der Waals surface area (Å²) in [4.78, 5) is 16.3. The number of nitrogens with one attached hydrogen (secondary N) is 1. The molecule has 1 heterocycles. The van der Waals surface area contributed by atoms with E-state index in [0.29, 0.717) is 11.3 Å². The van der Waals surface area contributed by atoms with Crippen LogP contribution < -0.4 is 5.32 Å². The molecule has 20 heavy (non-hydrogen) atoms. The number of pyridine rings is 1. The van der Waals surface area contributed by atoms with Gasteiger partial charge in [-0.15, -0.1) is 0 Å². The molecule has 1 aliphatic carbocycles. The first kappa shape index (κ1) is 14.5. The Hall–Kier alpha value is -1.86. The zero-order chi connectivity index (χ0) is 15.0. The molecule has 1 amide bonds. The molecule has 0 saturated heterocycles. The fourth-order valence-electron chi connectivity index (χ4n) is 2.51. The molecule has 0 unspecified atom stereocenters. The van der Waals surface area contributed by atoms with E-state index in [-0.39, 0.29) is 29.4 Å². The summed E-state index contributed by atoms with van der Waals surface area (Å²) in [5, 5.41) is 11.7. The Labute approximate surface area is 119 Å². The van der Waals surface area contributed by atoms with E-state index in [9.17, 15) is 4.79 Å². The van der Waals surface area contributed by atoms with E-state index in [1.165, 1.54) is 0 Å². The maximum Gasteiger partial charge on any atom is 0.270 e. The van der Waals surface area contributed by atoms with Crippen LogP contribution in [0, 0.1) is 22.7 Å². The minimum absolute atomic E-state index is 0.106. The average molecular weight is 272 g/mol. The van der Waals surface area contributed by atoms with Crippen molar-refractivity contribution >= 4 is 5.91 Å². The number of aliphatic hydroxyl groups excluding tert-OH is 1. The predicted molar refractivity (Wildman–Crippen MR) is 77.0 cm³/mol. The fourth-order valence-corrected chi connectivity index (χ4v) is 2.51. The quantitative estimate of drug-likeness (QED) is 0.804. The maximum atomic E-state index is 12.1. The molecule has 1 fully saturated rings. The third-order valence-corrected chi connectivity index (χ3v) is 4.60. The van der Waals surface area contributed by atoms with Crippen LogP contribution in [0.2, 0.25) is 0 Å². The van der Waals surface area contributed by atoms with E-state index < -0.39 is 0 Å². The van der Waals surface area contributed by atoms with Crippen LogP contribution in [0.4, 0.5) is 0 Å². The Morgan fingerprint density at radius 1 is 1.35 bits per heavy atom. The van der Waals surface area contributed by atoms with Gasteiger partial charge in [0.05, 0.1) is 0 Å². The van der Waals surface area contributed by atoms with Crippen molar-refractivity contribution in [3.05, 3.63) is 29.6 Å². The largest absolute Gasteiger partial charge is 0.384 e. The van der Waals surface area contributed by atoms with Gasteiger partial charge in [0, 0.05) is 17.8 Å². The summed E-state index contributed by atoms with van der Waals surface area (Å²) in [7, 11) is 0. The highest BCUT2D eigenvalue weighted by Gasteiger charge is 2.65. The molecule has 1 aliphatic rings. The van der Waals surface area contributed by atoms with E-state index in [0.717, 1.165) is 0 Å². The SMILES string of the molecule is CC1(C)C(NC(=O)c2ccc(C#CCO)cn2)C1(C)C. The van der Waals surface area contributed by atoms with Crippen LogP contribution >= 0.6 is 0 Å². The van der Waals surface area contributed by atoms with Crippen molar-refractivity contribution < 1.29 is 9.90 Å². The standard InChI is InChI=1S/C16H20N2O2/c1-15(2)14(16(15,3)4)18-13(20)12-8-7-11(10-17-12)6-5-9-19/h7-8,10,14,19H,9H2,1-4H3,(H,18,20). The number of aromatic nitrogens is 1. The fraction of sp³-hybridized carbons (Fsp3) is 0.500. The highest BCUT2D eigenvalue weighted by molar-refractivity contribution is 5.92. The van der Waals surface area contributed by atoms with Crippen molar-refractivity contribution in [1.82, 2.24) is 10.3 Å². The molecule has 2 rings (SSSR count). The van der Waals surface area contributed by atoms with Crippen molar-refractivity contribution in [2.45, 2.75) is 33.7 Å². The predicted octanol–water partition coefficient (Wildman–Crippen LogP) is 1.59. The van der Waals surface area contributed by atoms with Crippen LogP contribution in [0.25, 0.3) is 0 Å². The third kappa shape index (κ3) is 2.41. The number of aliphatic hydroxyl groups is 1. The van der Waals surface area contributed by atoms with Crippen molar-refractivity contribution in [1.29, 1.82) is 0 Å². The van der Waals surface area contributed by atoms with Gasteiger partial charge in [-0.05, 0) is 23.0 Å². The van der Waals surface area contributed by atoms with Crippen LogP contribution in [-0.2, 0) is 0 Å². The van der Waals surface area contributed by atoms with Gasteiger partial charge < -0.3 is 10.4 Å². The van der Waals surface area contributed by atoms with E-state index >= 15 is 0 Å². The van der Waals surface area contributed by atoms with Crippen LogP contribution in [0.3, 0.4) is 0 Å². The highest BCUT2D eigenvalue weighted by atomic mass is 16.2. The minimum Gasteiger partial charge on any atom is -0.384 e. The molecular formula is C16H20N2O2. The lowest BCUT2D eigenvalue weighted by atomic mass is 10.0. The van der Waals surface area contributed by atoms with E-state index in [4.69, 9.17) is 5.11 Å². The number of carbonyl (C=O) groups is 1. The summed E-state index contributed by atoms with van der Waals surface area (Å²) in [6.45, 7) is 8.42. The number of nitrogens with zero attached hydrogens (tertiary/aromatic N) is 1. The first-order chi connectivity index (χ1) is 9.30. The zero-order valence-electron chi connectivity index (χ0n) is 12.3. The normalized spacial score (nSPS) is 18.9. The van der Waals surface area contributed by atoms with Crippen LogP contribution in [0.5, 0.6) is 0 Å². The van der Waals surface area contributed by atoms with Gasteiger partial charge >= 0.3 is 0 Å². The molecule has 106 valence electrons. The Kier molecular flexibility index (Phi) is 3.58. The number of carbonyl (C=O) groups excluding carboxylic acids is 1. The topological polar surface area (TPSA) is 62.2 Å². The zero-order valence-corrected chi connectivity index (χ0v) is 12.3. The van der Waals surface area contributed by atoms with Gasteiger partial charge in [-0.1, -0.05) is 39.5 Å². The second-order valence-corrected chi connectivity index (χ2v) is 6.24. The smallest absolute Gasteiger partial charge is 0.270 e. The van der Waals surface area contributed by atoms with Crippen LogP contribution in [0.15, 0.2) is 18.3 Å². The highest BCUT2D eigenvalue weighted by Crippen LogP contribution is 2.62. The van der Waals surface area contributed by atoms with Gasteiger partial charge in [0.25, 0.3) is 5.91 Å². The number of amides is 1. The van der Waals surface area contributed by atoms with Gasteiger partial charge in [0.2, 0.25) is 0 Å². The van der Waals surface area contributed by atoms with Crippen molar-refractivity contribution in [3.8, 4) is 11.8 Å². The first-order valence-electron chi connectivity index (χ1n) is 6.67. The molecule has 0 bridgehead atoms. The lowest BCUT2D eigenvalue weighted by Crippen LogP contribution is -2.30. The lowest BCUT2D eigenvalue weighted by molar-refractivity contribution is 0.0938. The molecule has 0 aliphatic heterocycles. The molecule has 2 N–H and O–H groups in total. The van der Waals surface area contributed by atoms with E-state index in [2.05, 4.69) is 49.8 Å². The minimum atomic E-state index is -0.186. The van der Waals surface area contributed by atoms with Crippen molar-refractivity contribution in [3.63, 3.8) is 0 Å². The molecule has 0 atom stereocenters. The average Bonchev–Trinajstić information content (AvgIpc) is 2.79. The Bertz CT molecular complexity index is 563. The van der Waals surface area contributed by atoms with E-state index in [1.54, 1.807) is 18.3 Å². The molecular weight excluding hydrogens is 252 g/mol. The number of hydrogen-bond acceptors (Lipinski definition) is 3. The summed E-state index contributed by atoms with van der Waals surface area (Å²) in [6.07, 6.45) is 1.54. The molecule has 1 aromatic heterocycles. The van der Waals surface area contributed by atoms with E-state index in [1.807, 2.05) is 0 Å². The summed E-state index contributed by atoms with van der Waals surface area (Å²) in [6, 6.07) is 3.55. The van der Waals surface area contributed by atoms with Gasteiger partial charge in [0.15, 0.2) is 0 Å². The molecule has 0 radical (unpaired) electrons. The van der Waals surface area contributed by atoms with Gasteiger partial charge in [-0.25, -0.2) is 4.98 Å². The van der Waals surface area contributed by atoms with Gasteiger partial charge in [-0.3, -0.25) is 4.79 Å². The monoisotopic (exact) mass is 272 g/mol. The molecule has 0 aromatic carbocycles. The molecule has 4 nitrogen and oxygen atoms in total. The van der Waals surface area contributed by atoms with Gasteiger partial charge in [0.1, 0.15) is 12.3 Å². The summed E-state index contributed by atoms with van der Waals surface area (Å²) >= 11 is 0. The van der Waals surface area contributed by atoms with Crippen molar-refractivity contribution in [2.24, 2.45) is 10.8 Å². The van der Waals surface area contributed by atoms with Crippen LogP contribution in [0.1, 0.15) is 43.7 Å². The maximum absolute atomic E-state index is 12.1. The number of rotatable bonds is 2. The number of hydrogen-bond donors (Lipinski definition) is 2. The first-order valence-corrected chi connectivity index (χ1v) is 6.67. The molecule has 1 saturated carbocycles. The lowest BCUT2D eigenvalue weighted by Gasteiger charge is -2.06. The Morgan fingerprint density at radius 3 is 2.45 bits per heavy atom. The molecule has 1 aromatic rings. The second kappa shape index (κ2) is 4.92. The summed E-state index contributed by atoms with van der Waals surface area (Å²) < 4.78 is 0.